The Hall–Kier alpha value is -1.59. The predicted octanol–water partition coefficient (Wildman–Crippen LogP) is 4.16. The molecule has 3 rings (SSSR count). The lowest BCUT2D eigenvalue weighted by Crippen LogP contribution is -1.88. The molecule has 0 saturated heterocycles. The Bertz CT molecular complexity index is 628. The molecule has 90 valence electrons. The van der Waals surface area contributed by atoms with Gasteiger partial charge in [0.1, 0.15) is 10.3 Å². The number of pyridine rings is 1. The molecule has 1 aromatic carbocycles. The first-order valence-corrected chi connectivity index (χ1v) is 7.52. The Morgan fingerprint density at radius 1 is 1.17 bits per heavy atom. The number of anilines is 2. The van der Waals surface area contributed by atoms with E-state index in [2.05, 4.69) is 45.8 Å². The van der Waals surface area contributed by atoms with Crippen LogP contribution in [0.4, 0.5) is 10.8 Å². The minimum atomic E-state index is 0.876. The molecule has 3 aromatic rings. The maximum absolute atomic E-state index is 4.49. The fraction of sp³-hybridized carbons (Fsp3) is 0.0769. The zero-order chi connectivity index (χ0) is 12.4. The second-order valence-corrected chi connectivity index (χ2v) is 5.56. The quantitative estimate of drug-likeness (QED) is 0.727. The van der Waals surface area contributed by atoms with Gasteiger partial charge in [-0.25, -0.2) is 9.97 Å². The van der Waals surface area contributed by atoms with E-state index >= 15 is 0 Å². The summed E-state index contributed by atoms with van der Waals surface area (Å²) in [5, 5.41) is 4.18. The molecule has 0 saturated carbocycles. The minimum Gasteiger partial charge on any atom is -0.331 e. The van der Waals surface area contributed by atoms with Gasteiger partial charge in [0.05, 0.1) is 0 Å². The highest BCUT2D eigenvalue weighted by molar-refractivity contribution is 7.98. The molecule has 1 N–H and O–H groups in total. The van der Waals surface area contributed by atoms with Gasteiger partial charge in [-0.05, 0) is 42.7 Å². The van der Waals surface area contributed by atoms with Crippen molar-refractivity contribution in [3.05, 3.63) is 42.6 Å². The van der Waals surface area contributed by atoms with Crippen molar-refractivity contribution in [2.45, 2.75) is 4.90 Å². The summed E-state index contributed by atoms with van der Waals surface area (Å²) in [4.78, 5) is 11.0. The molecule has 2 aromatic heterocycles. The molecule has 0 aliphatic carbocycles. The van der Waals surface area contributed by atoms with Crippen molar-refractivity contribution in [1.82, 2.24) is 9.97 Å². The van der Waals surface area contributed by atoms with Gasteiger partial charge in [-0.1, -0.05) is 11.3 Å². The van der Waals surface area contributed by atoms with Crippen LogP contribution in [-0.4, -0.2) is 16.2 Å². The average molecular weight is 273 g/mol. The highest BCUT2D eigenvalue weighted by Gasteiger charge is 2.04. The maximum atomic E-state index is 4.49. The third-order valence-corrected chi connectivity index (χ3v) is 4.15. The van der Waals surface area contributed by atoms with Gasteiger partial charge in [0.15, 0.2) is 5.13 Å². The monoisotopic (exact) mass is 273 g/mol. The molecule has 0 radical (unpaired) electrons. The molecule has 0 aliphatic heterocycles. The second kappa shape index (κ2) is 4.96. The summed E-state index contributed by atoms with van der Waals surface area (Å²) in [6.07, 6.45) is 3.86. The fourth-order valence-corrected chi connectivity index (χ4v) is 2.86. The van der Waals surface area contributed by atoms with Crippen LogP contribution in [0.1, 0.15) is 0 Å². The Morgan fingerprint density at radius 3 is 2.72 bits per heavy atom. The summed E-state index contributed by atoms with van der Waals surface area (Å²) in [6.45, 7) is 0. The fourth-order valence-electron chi connectivity index (χ4n) is 1.62. The topological polar surface area (TPSA) is 37.8 Å². The number of thioether (sulfide) groups is 1. The molecule has 0 amide bonds. The van der Waals surface area contributed by atoms with Gasteiger partial charge in [-0.2, -0.15) is 0 Å². The van der Waals surface area contributed by atoms with Gasteiger partial charge >= 0.3 is 0 Å². The number of nitrogens with one attached hydrogen (secondary N) is 1. The lowest BCUT2D eigenvalue weighted by Gasteiger charge is -2.02. The van der Waals surface area contributed by atoms with Crippen molar-refractivity contribution in [3.63, 3.8) is 0 Å². The van der Waals surface area contributed by atoms with Crippen LogP contribution in [0.25, 0.3) is 10.3 Å². The number of hydrogen-bond acceptors (Lipinski definition) is 5. The van der Waals surface area contributed by atoms with Crippen molar-refractivity contribution in [1.29, 1.82) is 0 Å². The number of fused-ring (bicyclic) bond motifs is 1. The van der Waals surface area contributed by atoms with Crippen molar-refractivity contribution in [3.8, 4) is 0 Å². The van der Waals surface area contributed by atoms with E-state index < -0.39 is 0 Å². The first-order chi connectivity index (χ1) is 8.85. The van der Waals surface area contributed by atoms with Crippen LogP contribution in [0.5, 0.6) is 0 Å². The summed E-state index contributed by atoms with van der Waals surface area (Å²) >= 11 is 3.30. The van der Waals surface area contributed by atoms with Crippen LogP contribution in [0, 0.1) is 0 Å². The third kappa shape index (κ3) is 2.32. The van der Waals surface area contributed by atoms with Gasteiger partial charge in [0.25, 0.3) is 0 Å². The molecule has 3 nitrogen and oxygen atoms in total. The van der Waals surface area contributed by atoms with Crippen molar-refractivity contribution in [2.75, 3.05) is 11.6 Å². The number of thiazole rings is 1. The molecular weight excluding hydrogens is 262 g/mol. The standard InChI is InChI=1S/C13H11N3S2/c1-17-10-6-4-9(5-7-10)15-13-16-11-3-2-8-14-12(11)18-13/h2-8H,1H3,(H,15,16). The number of aromatic nitrogens is 2. The minimum absolute atomic E-state index is 0.876. The Kier molecular flexibility index (Phi) is 3.17. The van der Waals surface area contributed by atoms with Crippen molar-refractivity contribution < 1.29 is 0 Å². The van der Waals surface area contributed by atoms with Gasteiger partial charge < -0.3 is 5.32 Å². The summed E-state index contributed by atoms with van der Waals surface area (Å²) < 4.78 is 0. The van der Waals surface area contributed by atoms with E-state index in [1.165, 1.54) is 4.90 Å². The number of rotatable bonds is 3. The number of nitrogens with zero attached hydrogens (tertiary/aromatic N) is 2. The zero-order valence-electron chi connectivity index (χ0n) is 9.75. The first kappa shape index (κ1) is 11.5. The van der Waals surface area contributed by atoms with Gasteiger partial charge in [-0.3, -0.25) is 0 Å². The average Bonchev–Trinajstić information content (AvgIpc) is 2.82. The molecular formula is C13H11N3S2. The smallest absolute Gasteiger partial charge is 0.189 e. The molecule has 0 bridgehead atoms. The normalized spacial score (nSPS) is 10.7. The SMILES string of the molecule is CSc1ccc(Nc2nc3cccnc3s2)cc1. The number of hydrogen-bond donors (Lipinski definition) is 1. The molecule has 0 spiro atoms. The summed E-state index contributed by atoms with van der Waals surface area (Å²) in [7, 11) is 0. The zero-order valence-corrected chi connectivity index (χ0v) is 11.4. The predicted molar refractivity (Wildman–Crippen MR) is 78.9 cm³/mol. The summed E-state index contributed by atoms with van der Waals surface area (Å²) in [6, 6.07) is 12.2. The van der Waals surface area contributed by atoms with E-state index in [-0.39, 0.29) is 0 Å². The molecule has 0 unspecified atom stereocenters. The van der Waals surface area contributed by atoms with Crippen LogP contribution in [-0.2, 0) is 0 Å². The van der Waals surface area contributed by atoms with Crippen LogP contribution < -0.4 is 5.32 Å². The molecule has 0 aliphatic rings. The van der Waals surface area contributed by atoms with Crippen LogP contribution in [0.15, 0.2) is 47.5 Å². The van der Waals surface area contributed by atoms with E-state index in [9.17, 15) is 0 Å². The van der Waals surface area contributed by atoms with E-state index in [1.54, 1.807) is 29.3 Å². The Labute approximate surface area is 113 Å². The van der Waals surface area contributed by atoms with Crippen LogP contribution in [0.2, 0.25) is 0 Å². The third-order valence-electron chi connectivity index (χ3n) is 2.51. The Morgan fingerprint density at radius 2 is 2.00 bits per heavy atom. The van der Waals surface area contributed by atoms with E-state index in [0.29, 0.717) is 0 Å². The van der Waals surface area contributed by atoms with E-state index in [0.717, 1.165) is 21.2 Å². The first-order valence-electron chi connectivity index (χ1n) is 5.48. The van der Waals surface area contributed by atoms with Crippen LogP contribution >= 0.6 is 23.1 Å². The molecule has 5 heteroatoms. The lowest BCUT2D eigenvalue weighted by atomic mass is 10.3. The largest absolute Gasteiger partial charge is 0.331 e. The maximum Gasteiger partial charge on any atom is 0.189 e. The highest BCUT2D eigenvalue weighted by atomic mass is 32.2. The van der Waals surface area contributed by atoms with Gasteiger partial charge in [0.2, 0.25) is 0 Å². The van der Waals surface area contributed by atoms with Crippen LogP contribution in [0.3, 0.4) is 0 Å². The van der Waals surface area contributed by atoms with Crippen molar-refractivity contribution in [2.24, 2.45) is 0 Å². The molecule has 18 heavy (non-hydrogen) atoms. The number of benzene rings is 1. The summed E-state index contributed by atoms with van der Waals surface area (Å²) in [5.41, 5.74) is 1.98. The highest BCUT2D eigenvalue weighted by Crippen LogP contribution is 2.27. The van der Waals surface area contributed by atoms with Gasteiger partial charge in [-0.15, -0.1) is 11.8 Å². The van der Waals surface area contributed by atoms with E-state index in [4.69, 9.17) is 0 Å². The molecule has 0 atom stereocenters. The molecule has 2 heterocycles. The van der Waals surface area contributed by atoms with Crippen molar-refractivity contribution >= 4 is 44.3 Å². The van der Waals surface area contributed by atoms with E-state index in [1.807, 2.05) is 12.1 Å². The lowest BCUT2D eigenvalue weighted by molar-refractivity contribution is 1.39. The molecule has 0 fully saturated rings. The van der Waals surface area contributed by atoms with Gasteiger partial charge in [0, 0.05) is 16.8 Å². The summed E-state index contributed by atoms with van der Waals surface area (Å²) in [5.74, 6) is 0. The second-order valence-electron chi connectivity index (χ2n) is 3.70. The Balaban J connectivity index is 1.86.